The van der Waals surface area contributed by atoms with Gasteiger partial charge in [0.2, 0.25) is 0 Å². The Morgan fingerprint density at radius 1 is 1.70 bits per heavy atom. The molecular weight excluding hydrogens is 261 g/mol. The average molecular weight is 281 g/mol. The van der Waals surface area contributed by atoms with Gasteiger partial charge in [-0.05, 0) is 26.3 Å². The molecule has 1 aromatic heterocycles. The van der Waals surface area contributed by atoms with E-state index in [4.69, 9.17) is 0 Å². The maximum absolute atomic E-state index is 13.3. The molecule has 1 saturated heterocycles. The largest absolute Gasteiger partial charge is 0.393 e. The zero-order chi connectivity index (χ0) is 14.7. The second-order valence-corrected chi connectivity index (χ2v) is 5.12. The van der Waals surface area contributed by atoms with Gasteiger partial charge < -0.3 is 15.3 Å². The number of aromatic nitrogens is 1. The molecule has 1 amide bonds. The third-order valence-corrected chi connectivity index (χ3v) is 3.62. The number of aliphatic hydroxyl groups is 1. The molecule has 20 heavy (non-hydrogen) atoms. The van der Waals surface area contributed by atoms with E-state index in [-0.39, 0.29) is 17.4 Å². The molecule has 6 heteroatoms. The van der Waals surface area contributed by atoms with Gasteiger partial charge in [-0.1, -0.05) is 0 Å². The molecule has 2 rings (SSSR count). The van der Waals surface area contributed by atoms with Crippen molar-refractivity contribution in [3.63, 3.8) is 0 Å². The summed E-state index contributed by atoms with van der Waals surface area (Å²) in [7, 11) is 0. The first kappa shape index (κ1) is 14.7. The van der Waals surface area contributed by atoms with Crippen molar-refractivity contribution in [2.45, 2.75) is 26.4 Å². The monoisotopic (exact) mass is 281 g/mol. The molecule has 2 N–H and O–H groups in total. The summed E-state index contributed by atoms with van der Waals surface area (Å²) < 4.78 is 13.3. The quantitative estimate of drug-likeness (QED) is 0.877. The van der Waals surface area contributed by atoms with Crippen molar-refractivity contribution < 1.29 is 14.3 Å². The van der Waals surface area contributed by atoms with Crippen molar-refractivity contribution in [2.75, 3.05) is 25.0 Å². The molecule has 1 aliphatic rings. The van der Waals surface area contributed by atoms with Crippen LogP contribution in [0.15, 0.2) is 12.3 Å². The fourth-order valence-electron chi connectivity index (χ4n) is 2.45. The van der Waals surface area contributed by atoms with E-state index >= 15 is 0 Å². The van der Waals surface area contributed by atoms with E-state index in [0.717, 1.165) is 12.6 Å². The molecule has 1 aliphatic heterocycles. The molecule has 1 aromatic rings. The number of rotatable bonds is 4. The van der Waals surface area contributed by atoms with Crippen LogP contribution in [0.4, 0.5) is 10.2 Å². The van der Waals surface area contributed by atoms with E-state index in [1.54, 1.807) is 11.8 Å². The number of hydrogen-bond donors (Lipinski definition) is 2. The number of nitrogens with zero attached hydrogens (tertiary/aromatic N) is 2. The van der Waals surface area contributed by atoms with Gasteiger partial charge in [0.25, 0.3) is 5.91 Å². The zero-order valence-electron chi connectivity index (χ0n) is 11.8. The summed E-state index contributed by atoms with van der Waals surface area (Å²) in [5, 5.41) is 12.5. The third-order valence-electron chi connectivity index (χ3n) is 3.62. The Labute approximate surface area is 117 Å². The van der Waals surface area contributed by atoms with Gasteiger partial charge in [-0.3, -0.25) is 4.79 Å². The Balaban J connectivity index is 2.19. The molecule has 2 unspecified atom stereocenters. The lowest BCUT2D eigenvalue weighted by molar-refractivity contribution is 0.0762. The summed E-state index contributed by atoms with van der Waals surface area (Å²) in [6, 6.07) is 1.21. The Hall–Kier alpha value is -1.69. The van der Waals surface area contributed by atoms with Gasteiger partial charge in [-0.2, -0.15) is 0 Å². The molecule has 0 aliphatic carbocycles. The van der Waals surface area contributed by atoms with Gasteiger partial charge in [-0.25, -0.2) is 9.37 Å². The fourth-order valence-corrected chi connectivity index (χ4v) is 2.45. The van der Waals surface area contributed by atoms with E-state index in [9.17, 15) is 14.3 Å². The number of amides is 1. The zero-order valence-corrected chi connectivity index (χ0v) is 11.8. The van der Waals surface area contributed by atoms with E-state index in [2.05, 4.69) is 10.3 Å². The number of halogens is 1. The number of carbonyl (C=O) groups excluding carboxylic acids is 1. The number of aliphatic hydroxyl groups excluding tert-OH is 1. The SMILES string of the molecule is CCNc1ncc(F)cc1C(=O)N1CCC(C(C)O)C1. The standard InChI is InChI=1S/C14H20FN3O2/c1-3-16-13-12(6-11(15)7-17-13)14(20)18-5-4-10(8-18)9(2)19/h6-7,9-10,19H,3-5,8H2,1-2H3,(H,16,17). The predicted molar refractivity (Wildman–Crippen MR) is 74.1 cm³/mol. The van der Waals surface area contributed by atoms with Crippen LogP contribution in [-0.2, 0) is 0 Å². The normalized spacial score (nSPS) is 20.0. The maximum Gasteiger partial charge on any atom is 0.257 e. The molecule has 5 nitrogen and oxygen atoms in total. The molecule has 2 atom stereocenters. The topological polar surface area (TPSA) is 65.5 Å². The van der Waals surface area contributed by atoms with Crippen LogP contribution in [0.25, 0.3) is 0 Å². The van der Waals surface area contributed by atoms with Crippen molar-refractivity contribution in [1.29, 1.82) is 0 Å². The number of likely N-dealkylation sites (tertiary alicyclic amines) is 1. The van der Waals surface area contributed by atoms with Crippen LogP contribution in [0, 0.1) is 11.7 Å². The minimum atomic E-state index is -0.527. The van der Waals surface area contributed by atoms with Crippen LogP contribution in [-0.4, -0.2) is 46.6 Å². The van der Waals surface area contributed by atoms with Crippen LogP contribution in [0.1, 0.15) is 30.6 Å². The minimum Gasteiger partial charge on any atom is -0.393 e. The first-order chi connectivity index (χ1) is 9.52. The molecule has 1 fully saturated rings. The molecule has 0 spiro atoms. The fraction of sp³-hybridized carbons (Fsp3) is 0.571. The molecule has 110 valence electrons. The second-order valence-electron chi connectivity index (χ2n) is 5.12. The molecule has 0 radical (unpaired) electrons. The second kappa shape index (κ2) is 6.17. The van der Waals surface area contributed by atoms with Crippen LogP contribution in [0.3, 0.4) is 0 Å². The first-order valence-corrected chi connectivity index (χ1v) is 6.89. The van der Waals surface area contributed by atoms with Crippen molar-refractivity contribution in [3.8, 4) is 0 Å². The molecule has 0 aromatic carbocycles. The predicted octanol–water partition coefficient (Wildman–Crippen LogP) is 1.50. The van der Waals surface area contributed by atoms with E-state index in [1.807, 2.05) is 6.92 Å². The Morgan fingerprint density at radius 3 is 3.05 bits per heavy atom. The minimum absolute atomic E-state index is 0.0862. The molecule has 0 saturated carbocycles. The Kier molecular flexibility index (Phi) is 4.54. The number of anilines is 1. The molecular formula is C14H20FN3O2. The summed E-state index contributed by atoms with van der Waals surface area (Å²) >= 11 is 0. The summed E-state index contributed by atoms with van der Waals surface area (Å²) in [5.74, 6) is -0.278. The summed E-state index contributed by atoms with van der Waals surface area (Å²) in [5.41, 5.74) is 0.248. The van der Waals surface area contributed by atoms with Gasteiger partial charge in [-0.15, -0.1) is 0 Å². The van der Waals surface area contributed by atoms with Crippen molar-refractivity contribution in [1.82, 2.24) is 9.88 Å². The van der Waals surface area contributed by atoms with Gasteiger partial charge in [0.05, 0.1) is 17.9 Å². The lowest BCUT2D eigenvalue weighted by Gasteiger charge is -2.19. The number of hydrogen-bond acceptors (Lipinski definition) is 4. The smallest absolute Gasteiger partial charge is 0.257 e. The third kappa shape index (κ3) is 3.07. The average Bonchev–Trinajstić information content (AvgIpc) is 2.90. The van der Waals surface area contributed by atoms with E-state index in [0.29, 0.717) is 25.5 Å². The Morgan fingerprint density at radius 2 is 2.45 bits per heavy atom. The number of nitrogens with one attached hydrogen (secondary N) is 1. The maximum atomic E-state index is 13.3. The summed E-state index contributed by atoms with van der Waals surface area (Å²) in [4.78, 5) is 18.0. The summed E-state index contributed by atoms with van der Waals surface area (Å²) in [6.07, 6.45) is 1.42. The van der Waals surface area contributed by atoms with Crippen LogP contribution >= 0.6 is 0 Å². The summed E-state index contributed by atoms with van der Waals surface area (Å²) in [6.45, 7) is 5.30. The lowest BCUT2D eigenvalue weighted by atomic mass is 10.0. The van der Waals surface area contributed by atoms with Gasteiger partial charge in [0.15, 0.2) is 0 Å². The van der Waals surface area contributed by atoms with Crippen LogP contribution in [0.5, 0.6) is 0 Å². The van der Waals surface area contributed by atoms with Crippen molar-refractivity contribution in [2.24, 2.45) is 5.92 Å². The van der Waals surface area contributed by atoms with Gasteiger partial charge in [0, 0.05) is 25.6 Å². The van der Waals surface area contributed by atoms with Crippen molar-refractivity contribution >= 4 is 11.7 Å². The lowest BCUT2D eigenvalue weighted by Crippen LogP contribution is -2.31. The first-order valence-electron chi connectivity index (χ1n) is 6.89. The Bertz CT molecular complexity index is 493. The van der Waals surface area contributed by atoms with Gasteiger partial charge in [0.1, 0.15) is 11.6 Å². The van der Waals surface area contributed by atoms with Gasteiger partial charge >= 0.3 is 0 Å². The number of carbonyl (C=O) groups is 1. The highest BCUT2D eigenvalue weighted by Gasteiger charge is 2.30. The van der Waals surface area contributed by atoms with Crippen LogP contribution in [0.2, 0.25) is 0 Å². The van der Waals surface area contributed by atoms with Crippen molar-refractivity contribution in [3.05, 3.63) is 23.6 Å². The van der Waals surface area contributed by atoms with Crippen LogP contribution < -0.4 is 5.32 Å². The highest BCUT2D eigenvalue weighted by atomic mass is 19.1. The molecule has 2 heterocycles. The number of pyridine rings is 1. The van der Waals surface area contributed by atoms with E-state index in [1.165, 1.54) is 6.07 Å². The highest BCUT2D eigenvalue weighted by Crippen LogP contribution is 2.24. The van der Waals surface area contributed by atoms with E-state index < -0.39 is 11.9 Å². The highest BCUT2D eigenvalue weighted by molar-refractivity contribution is 5.98. The molecule has 0 bridgehead atoms.